The van der Waals surface area contributed by atoms with E-state index in [1.165, 1.54) is 17.7 Å². The number of hydrogen-bond donors (Lipinski definition) is 1. The molecule has 0 bridgehead atoms. The van der Waals surface area contributed by atoms with Gasteiger partial charge in [0.2, 0.25) is 0 Å². The molecule has 1 aromatic rings. The van der Waals surface area contributed by atoms with Crippen molar-refractivity contribution in [2.45, 2.75) is 19.0 Å². The molecule has 0 aromatic heterocycles. The first-order valence-corrected chi connectivity index (χ1v) is 6.61. The summed E-state index contributed by atoms with van der Waals surface area (Å²) in [5, 5.41) is 11.5. The minimum atomic E-state index is -4.48. The number of alkyl halides is 3. The summed E-state index contributed by atoms with van der Waals surface area (Å²) < 4.78 is 44.1. The summed E-state index contributed by atoms with van der Waals surface area (Å²) in [7, 11) is 0. The third-order valence-electron chi connectivity index (χ3n) is 3.27. The molecule has 0 saturated carbocycles. The molecule has 21 heavy (non-hydrogen) atoms. The normalized spacial score (nSPS) is 15.2. The van der Waals surface area contributed by atoms with Crippen molar-refractivity contribution in [3.05, 3.63) is 41.0 Å². The zero-order valence-electron chi connectivity index (χ0n) is 11.3. The van der Waals surface area contributed by atoms with Crippen molar-refractivity contribution >= 4 is 5.69 Å². The van der Waals surface area contributed by atoms with Crippen LogP contribution in [0.3, 0.4) is 0 Å². The summed E-state index contributed by atoms with van der Waals surface area (Å²) in [6.45, 7) is 1.65. The summed E-state index contributed by atoms with van der Waals surface area (Å²) in [5.41, 5.74) is 0.396. The van der Waals surface area contributed by atoms with E-state index >= 15 is 0 Å². The lowest BCUT2D eigenvalue weighted by Gasteiger charge is -2.17. The first-order chi connectivity index (χ1) is 10.0. The maximum atomic E-state index is 13.0. The van der Waals surface area contributed by atoms with Gasteiger partial charge in [0, 0.05) is 12.2 Å². The van der Waals surface area contributed by atoms with Gasteiger partial charge < -0.3 is 10.1 Å². The van der Waals surface area contributed by atoms with Crippen molar-refractivity contribution in [3.8, 4) is 6.07 Å². The standard InChI is InChI=1S/C15H15F3N2O/c16-15(17,18)13-9-12(10-19)1-2-14(13)20-6-3-11-4-7-21-8-5-11/h1-2,4,9,20H,3,5-8H2. The maximum Gasteiger partial charge on any atom is 0.418 e. The molecular formula is C15H15F3N2O. The van der Waals surface area contributed by atoms with Gasteiger partial charge >= 0.3 is 6.18 Å². The van der Waals surface area contributed by atoms with Gasteiger partial charge in [-0.1, -0.05) is 11.6 Å². The molecule has 3 nitrogen and oxygen atoms in total. The van der Waals surface area contributed by atoms with Crippen molar-refractivity contribution in [1.82, 2.24) is 0 Å². The van der Waals surface area contributed by atoms with Crippen LogP contribution in [0.25, 0.3) is 0 Å². The molecule has 0 aliphatic carbocycles. The summed E-state index contributed by atoms with van der Waals surface area (Å²) in [5.74, 6) is 0. The Labute approximate surface area is 121 Å². The minimum Gasteiger partial charge on any atom is -0.384 e. The Kier molecular flexibility index (Phi) is 4.86. The van der Waals surface area contributed by atoms with Crippen molar-refractivity contribution in [3.63, 3.8) is 0 Å². The lowest BCUT2D eigenvalue weighted by molar-refractivity contribution is -0.137. The fourth-order valence-electron chi connectivity index (χ4n) is 2.15. The van der Waals surface area contributed by atoms with Crippen LogP contribution in [0.15, 0.2) is 29.8 Å². The second-order valence-corrected chi connectivity index (χ2v) is 4.73. The molecule has 1 heterocycles. The Morgan fingerprint density at radius 1 is 1.33 bits per heavy atom. The molecule has 0 atom stereocenters. The van der Waals surface area contributed by atoms with E-state index in [-0.39, 0.29) is 11.3 Å². The number of nitriles is 1. The minimum absolute atomic E-state index is 0.0000117. The van der Waals surface area contributed by atoms with Gasteiger partial charge in [-0.05, 0) is 31.0 Å². The summed E-state index contributed by atoms with van der Waals surface area (Å²) in [6, 6.07) is 5.28. The fraction of sp³-hybridized carbons (Fsp3) is 0.400. The van der Waals surface area contributed by atoms with Crippen LogP contribution in [0.2, 0.25) is 0 Å². The van der Waals surface area contributed by atoms with Crippen LogP contribution in [0.5, 0.6) is 0 Å². The van der Waals surface area contributed by atoms with E-state index in [0.29, 0.717) is 26.2 Å². The SMILES string of the molecule is N#Cc1ccc(NCCC2=CCOCC2)c(C(F)(F)F)c1. The average molecular weight is 296 g/mol. The van der Waals surface area contributed by atoms with Crippen molar-refractivity contribution in [2.24, 2.45) is 0 Å². The zero-order valence-corrected chi connectivity index (χ0v) is 11.3. The Morgan fingerprint density at radius 3 is 2.76 bits per heavy atom. The van der Waals surface area contributed by atoms with Gasteiger partial charge in [-0.2, -0.15) is 18.4 Å². The molecule has 1 aromatic carbocycles. The van der Waals surface area contributed by atoms with E-state index in [1.807, 2.05) is 6.08 Å². The summed E-state index contributed by atoms with van der Waals surface area (Å²) >= 11 is 0. The van der Waals surface area contributed by atoms with Gasteiger partial charge in [0.05, 0.1) is 30.4 Å². The lowest BCUT2D eigenvalue weighted by Crippen LogP contribution is -2.13. The van der Waals surface area contributed by atoms with Gasteiger partial charge in [0.15, 0.2) is 0 Å². The largest absolute Gasteiger partial charge is 0.418 e. The highest BCUT2D eigenvalue weighted by molar-refractivity contribution is 5.56. The quantitative estimate of drug-likeness (QED) is 0.861. The molecule has 0 amide bonds. The van der Waals surface area contributed by atoms with Gasteiger partial charge in [0.1, 0.15) is 0 Å². The fourth-order valence-corrected chi connectivity index (χ4v) is 2.15. The van der Waals surface area contributed by atoms with Crippen LogP contribution in [-0.4, -0.2) is 19.8 Å². The van der Waals surface area contributed by atoms with Crippen LogP contribution >= 0.6 is 0 Å². The van der Waals surface area contributed by atoms with Gasteiger partial charge in [0.25, 0.3) is 0 Å². The molecule has 1 aliphatic heterocycles. The summed E-state index contributed by atoms with van der Waals surface area (Å²) in [6.07, 6.45) is -1.01. The molecule has 1 aliphatic rings. The number of rotatable bonds is 4. The van der Waals surface area contributed by atoms with E-state index in [4.69, 9.17) is 10.00 Å². The third-order valence-corrected chi connectivity index (χ3v) is 3.27. The monoisotopic (exact) mass is 296 g/mol. The molecule has 112 valence electrons. The Bertz CT molecular complexity index is 573. The molecule has 0 radical (unpaired) electrons. The van der Waals surface area contributed by atoms with Gasteiger partial charge in [-0.3, -0.25) is 0 Å². The molecule has 1 N–H and O–H groups in total. The number of halogens is 3. The first-order valence-electron chi connectivity index (χ1n) is 6.61. The highest BCUT2D eigenvalue weighted by Crippen LogP contribution is 2.35. The predicted molar refractivity (Wildman–Crippen MR) is 72.8 cm³/mol. The topological polar surface area (TPSA) is 45.0 Å². The molecule has 6 heteroatoms. The summed E-state index contributed by atoms with van der Waals surface area (Å²) in [4.78, 5) is 0. The van der Waals surface area contributed by atoms with E-state index in [1.54, 1.807) is 6.07 Å². The zero-order chi connectivity index (χ0) is 15.3. The number of anilines is 1. The molecule has 0 unspecified atom stereocenters. The number of nitrogens with zero attached hydrogens (tertiary/aromatic N) is 1. The van der Waals surface area contributed by atoms with E-state index in [0.717, 1.165) is 12.5 Å². The smallest absolute Gasteiger partial charge is 0.384 e. The van der Waals surface area contributed by atoms with E-state index in [2.05, 4.69) is 5.32 Å². The van der Waals surface area contributed by atoms with E-state index in [9.17, 15) is 13.2 Å². The molecule has 0 fully saturated rings. The van der Waals surface area contributed by atoms with Crippen LogP contribution in [0.1, 0.15) is 24.0 Å². The highest BCUT2D eigenvalue weighted by atomic mass is 19.4. The second kappa shape index (κ2) is 6.64. The molecular weight excluding hydrogens is 281 g/mol. The molecule has 0 saturated heterocycles. The van der Waals surface area contributed by atoms with Crippen molar-refractivity contribution < 1.29 is 17.9 Å². The highest BCUT2D eigenvalue weighted by Gasteiger charge is 2.33. The number of hydrogen-bond acceptors (Lipinski definition) is 3. The Morgan fingerprint density at radius 2 is 2.14 bits per heavy atom. The van der Waals surface area contributed by atoms with Crippen LogP contribution in [0, 0.1) is 11.3 Å². The first kappa shape index (κ1) is 15.4. The van der Waals surface area contributed by atoms with Crippen LogP contribution in [0.4, 0.5) is 18.9 Å². The molecule has 0 spiro atoms. The van der Waals surface area contributed by atoms with Crippen molar-refractivity contribution in [1.29, 1.82) is 5.26 Å². The van der Waals surface area contributed by atoms with Gasteiger partial charge in [-0.15, -0.1) is 0 Å². The number of ether oxygens (including phenoxy) is 1. The Hall–Kier alpha value is -2.00. The van der Waals surface area contributed by atoms with Crippen LogP contribution in [-0.2, 0) is 10.9 Å². The maximum absolute atomic E-state index is 13.0. The second-order valence-electron chi connectivity index (χ2n) is 4.73. The number of benzene rings is 1. The van der Waals surface area contributed by atoms with Crippen molar-refractivity contribution in [2.75, 3.05) is 25.1 Å². The van der Waals surface area contributed by atoms with Crippen LogP contribution < -0.4 is 5.32 Å². The lowest BCUT2D eigenvalue weighted by atomic mass is 10.1. The average Bonchev–Trinajstić information content (AvgIpc) is 2.47. The van der Waals surface area contributed by atoms with E-state index < -0.39 is 11.7 Å². The number of nitrogens with one attached hydrogen (secondary N) is 1. The predicted octanol–water partition coefficient (Wildman–Crippen LogP) is 3.73. The third kappa shape index (κ3) is 4.23. The Balaban J connectivity index is 2.05. The molecule has 2 rings (SSSR count). The van der Waals surface area contributed by atoms with Gasteiger partial charge in [-0.25, -0.2) is 0 Å².